The summed E-state index contributed by atoms with van der Waals surface area (Å²) in [6, 6.07) is 22.4. The lowest BCUT2D eigenvalue weighted by atomic mass is 9.65. The maximum atomic E-state index is 2.33. The zero-order valence-electron chi connectivity index (χ0n) is 12.5. The second-order valence-electron chi connectivity index (χ2n) is 6.72. The summed E-state index contributed by atoms with van der Waals surface area (Å²) in [5, 5.41) is 0. The number of fused-ring (bicyclic) bond motifs is 1. The van der Waals surface area contributed by atoms with Crippen LogP contribution in [0.3, 0.4) is 0 Å². The Bertz CT molecular complexity index is 518. The summed E-state index contributed by atoms with van der Waals surface area (Å²) in [6.07, 6.45) is 6.91. The Kier molecular flexibility index (Phi) is 3.55. The van der Waals surface area contributed by atoms with Crippen molar-refractivity contribution in [2.24, 2.45) is 5.92 Å². The van der Waals surface area contributed by atoms with E-state index in [0.29, 0.717) is 11.8 Å². The quantitative estimate of drug-likeness (QED) is 0.657. The van der Waals surface area contributed by atoms with Crippen molar-refractivity contribution >= 4 is 0 Å². The summed E-state index contributed by atoms with van der Waals surface area (Å²) in [6.45, 7) is 0. The van der Waals surface area contributed by atoms with E-state index < -0.39 is 0 Å². The van der Waals surface area contributed by atoms with E-state index in [4.69, 9.17) is 0 Å². The maximum absolute atomic E-state index is 2.33. The van der Waals surface area contributed by atoms with E-state index in [1.165, 1.54) is 43.2 Å². The Balaban J connectivity index is 1.70. The average Bonchev–Trinajstić information content (AvgIpc) is 3.03. The molecule has 0 N–H and O–H groups in total. The summed E-state index contributed by atoms with van der Waals surface area (Å²) >= 11 is 0. The van der Waals surface area contributed by atoms with Crippen LogP contribution < -0.4 is 0 Å². The zero-order chi connectivity index (χ0) is 14.1. The van der Waals surface area contributed by atoms with E-state index in [9.17, 15) is 0 Å². The molecule has 0 aromatic heterocycles. The molecule has 0 heteroatoms. The van der Waals surface area contributed by atoms with E-state index in [0.717, 1.165) is 5.92 Å². The van der Waals surface area contributed by atoms with Crippen LogP contribution in [0.15, 0.2) is 60.7 Å². The normalized spacial score (nSPS) is 29.2. The summed E-state index contributed by atoms with van der Waals surface area (Å²) in [5.74, 6) is 4.13. The standard InChI is InChI=1S/C21H23/c1-3-8-16(9-4-1)20-14-18-12-7-13-19(18)15-21(20)17-10-5-2-6-11-17/h1-6,8-11,18,20-21H,7,12-15H2. The predicted molar refractivity (Wildman–Crippen MR) is 88.2 cm³/mol. The number of rotatable bonds is 2. The lowest BCUT2D eigenvalue weighted by Crippen LogP contribution is -2.25. The molecule has 107 valence electrons. The molecule has 2 aromatic carbocycles. The molecular weight excluding hydrogens is 252 g/mol. The highest BCUT2D eigenvalue weighted by molar-refractivity contribution is 5.32. The molecule has 0 nitrogen and oxygen atoms in total. The van der Waals surface area contributed by atoms with Gasteiger partial charge in [-0.1, -0.05) is 67.1 Å². The second-order valence-corrected chi connectivity index (χ2v) is 6.72. The van der Waals surface area contributed by atoms with Crippen molar-refractivity contribution in [2.45, 2.75) is 43.9 Å². The van der Waals surface area contributed by atoms with Gasteiger partial charge in [-0.25, -0.2) is 0 Å². The topological polar surface area (TPSA) is 0 Å². The van der Waals surface area contributed by atoms with E-state index in [2.05, 4.69) is 60.7 Å². The molecular formula is C21H23. The van der Waals surface area contributed by atoms with E-state index in [1.807, 2.05) is 5.92 Å². The first kappa shape index (κ1) is 13.1. The fourth-order valence-electron chi connectivity index (χ4n) is 4.55. The van der Waals surface area contributed by atoms with Gasteiger partial charge in [0.1, 0.15) is 0 Å². The van der Waals surface area contributed by atoms with Gasteiger partial charge in [-0.2, -0.15) is 0 Å². The van der Waals surface area contributed by atoms with Gasteiger partial charge in [-0.3, -0.25) is 0 Å². The smallest absolute Gasteiger partial charge is 0.00874 e. The first-order valence-electron chi connectivity index (χ1n) is 8.36. The van der Waals surface area contributed by atoms with Gasteiger partial charge in [-0.15, -0.1) is 0 Å². The Morgan fingerprint density at radius 3 is 2.00 bits per heavy atom. The highest BCUT2D eigenvalue weighted by Crippen LogP contribution is 2.54. The molecule has 3 atom stereocenters. The molecule has 1 radical (unpaired) electrons. The molecule has 3 unspecified atom stereocenters. The van der Waals surface area contributed by atoms with Crippen LogP contribution in [0.2, 0.25) is 0 Å². The van der Waals surface area contributed by atoms with E-state index in [1.54, 1.807) is 0 Å². The molecule has 0 amide bonds. The molecule has 2 fully saturated rings. The van der Waals surface area contributed by atoms with Gasteiger partial charge in [-0.05, 0) is 60.5 Å². The van der Waals surface area contributed by atoms with Crippen LogP contribution in [0.25, 0.3) is 0 Å². The van der Waals surface area contributed by atoms with Crippen LogP contribution >= 0.6 is 0 Å². The molecule has 0 saturated heterocycles. The molecule has 2 saturated carbocycles. The summed E-state index contributed by atoms with van der Waals surface area (Å²) < 4.78 is 0. The molecule has 2 aliphatic rings. The van der Waals surface area contributed by atoms with E-state index >= 15 is 0 Å². The molecule has 0 aliphatic heterocycles. The third kappa shape index (κ3) is 2.52. The SMILES string of the molecule is c1ccc(C2C[C]3CCCC3CC2c2ccccc2)cc1. The van der Waals surface area contributed by atoms with Crippen LogP contribution in [0.1, 0.15) is 55.1 Å². The van der Waals surface area contributed by atoms with Crippen molar-refractivity contribution in [3.05, 3.63) is 77.7 Å². The first-order valence-corrected chi connectivity index (χ1v) is 8.36. The molecule has 21 heavy (non-hydrogen) atoms. The second kappa shape index (κ2) is 5.67. The Labute approximate surface area is 128 Å². The highest BCUT2D eigenvalue weighted by Gasteiger charge is 2.40. The van der Waals surface area contributed by atoms with Crippen molar-refractivity contribution in [2.75, 3.05) is 0 Å². The van der Waals surface area contributed by atoms with Gasteiger partial charge in [0.25, 0.3) is 0 Å². The predicted octanol–water partition coefficient (Wildman–Crippen LogP) is 5.72. The largest absolute Gasteiger partial charge is 0.0622 e. The van der Waals surface area contributed by atoms with Crippen LogP contribution in [-0.2, 0) is 0 Å². The fraction of sp³-hybridized carbons (Fsp3) is 0.381. The van der Waals surface area contributed by atoms with Crippen molar-refractivity contribution < 1.29 is 0 Å². The van der Waals surface area contributed by atoms with Crippen LogP contribution in [-0.4, -0.2) is 0 Å². The minimum Gasteiger partial charge on any atom is -0.0622 e. The highest BCUT2D eigenvalue weighted by atomic mass is 14.4. The fourth-order valence-corrected chi connectivity index (χ4v) is 4.55. The van der Waals surface area contributed by atoms with Gasteiger partial charge >= 0.3 is 0 Å². The van der Waals surface area contributed by atoms with Gasteiger partial charge < -0.3 is 0 Å². The number of hydrogen-bond acceptors (Lipinski definition) is 0. The van der Waals surface area contributed by atoms with Gasteiger partial charge in [0.15, 0.2) is 0 Å². The first-order chi connectivity index (χ1) is 10.4. The van der Waals surface area contributed by atoms with Crippen molar-refractivity contribution in [3.63, 3.8) is 0 Å². The Morgan fingerprint density at radius 2 is 1.33 bits per heavy atom. The zero-order valence-corrected chi connectivity index (χ0v) is 12.5. The van der Waals surface area contributed by atoms with Crippen LogP contribution in [0, 0.1) is 11.8 Å². The number of benzene rings is 2. The van der Waals surface area contributed by atoms with Crippen molar-refractivity contribution in [1.82, 2.24) is 0 Å². The minimum absolute atomic E-state index is 0.679. The lowest BCUT2D eigenvalue weighted by Gasteiger charge is -2.39. The third-order valence-corrected chi connectivity index (χ3v) is 5.59. The summed E-state index contributed by atoms with van der Waals surface area (Å²) in [4.78, 5) is 0. The van der Waals surface area contributed by atoms with Gasteiger partial charge in [0, 0.05) is 0 Å². The van der Waals surface area contributed by atoms with Gasteiger partial charge in [0.05, 0.1) is 0 Å². The monoisotopic (exact) mass is 275 g/mol. The molecule has 2 aliphatic carbocycles. The van der Waals surface area contributed by atoms with Gasteiger partial charge in [0.2, 0.25) is 0 Å². The summed E-state index contributed by atoms with van der Waals surface area (Å²) in [5.41, 5.74) is 3.07. The van der Waals surface area contributed by atoms with E-state index in [-0.39, 0.29) is 0 Å². The van der Waals surface area contributed by atoms with Crippen LogP contribution in [0.4, 0.5) is 0 Å². The Hall–Kier alpha value is -1.56. The Morgan fingerprint density at radius 1 is 0.714 bits per heavy atom. The summed E-state index contributed by atoms with van der Waals surface area (Å²) in [7, 11) is 0. The molecule has 0 heterocycles. The molecule has 0 bridgehead atoms. The number of hydrogen-bond donors (Lipinski definition) is 0. The maximum Gasteiger partial charge on any atom is -0.00874 e. The van der Waals surface area contributed by atoms with Crippen molar-refractivity contribution in [1.29, 1.82) is 0 Å². The lowest BCUT2D eigenvalue weighted by molar-refractivity contribution is 0.334. The minimum atomic E-state index is 0.679. The third-order valence-electron chi connectivity index (χ3n) is 5.59. The molecule has 4 rings (SSSR count). The molecule has 0 spiro atoms. The molecule has 2 aromatic rings. The average molecular weight is 275 g/mol. The van der Waals surface area contributed by atoms with Crippen LogP contribution in [0.5, 0.6) is 0 Å². The van der Waals surface area contributed by atoms with Crippen molar-refractivity contribution in [3.8, 4) is 0 Å².